The standard InChI is InChI=1S/C11H19N3O2S/c1-3-4-8-5-10(16)14-11(13-8)17-9(6-15)7(2)12/h5,7,9,15H,3-4,6,12H2,1-2H3,(H,13,14,16). The van der Waals surface area contributed by atoms with Crippen molar-refractivity contribution in [3.63, 3.8) is 0 Å². The van der Waals surface area contributed by atoms with E-state index in [1.807, 2.05) is 13.8 Å². The minimum absolute atomic E-state index is 0.0376. The van der Waals surface area contributed by atoms with Gasteiger partial charge in [0.2, 0.25) is 0 Å². The summed E-state index contributed by atoms with van der Waals surface area (Å²) in [6, 6.07) is 1.35. The van der Waals surface area contributed by atoms with Gasteiger partial charge in [-0.1, -0.05) is 25.1 Å². The van der Waals surface area contributed by atoms with Gasteiger partial charge in [-0.2, -0.15) is 0 Å². The Kier molecular flexibility index (Phi) is 5.67. The van der Waals surface area contributed by atoms with Gasteiger partial charge in [0, 0.05) is 17.8 Å². The molecule has 0 aliphatic carbocycles. The molecule has 1 heterocycles. The number of hydrogen-bond donors (Lipinski definition) is 3. The quantitative estimate of drug-likeness (QED) is 0.510. The number of aliphatic hydroxyl groups is 1. The van der Waals surface area contributed by atoms with Crippen molar-refractivity contribution in [2.45, 2.75) is 43.1 Å². The number of aromatic amines is 1. The first kappa shape index (κ1) is 14.2. The van der Waals surface area contributed by atoms with Gasteiger partial charge in [0.25, 0.3) is 5.56 Å². The van der Waals surface area contributed by atoms with Crippen LogP contribution in [-0.4, -0.2) is 33.0 Å². The summed E-state index contributed by atoms with van der Waals surface area (Å²) in [7, 11) is 0. The van der Waals surface area contributed by atoms with Gasteiger partial charge < -0.3 is 15.8 Å². The SMILES string of the molecule is CCCc1cc(=O)[nH]c(SC(CO)C(C)N)n1. The van der Waals surface area contributed by atoms with Crippen LogP contribution in [0.3, 0.4) is 0 Å². The minimum atomic E-state index is -0.162. The smallest absolute Gasteiger partial charge is 0.251 e. The van der Waals surface area contributed by atoms with Crippen LogP contribution in [0.4, 0.5) is 0 Å². The van der Waals surface area contributed by atoms with E-state index in [1.54, 1.807) is 0 Å². The van der Waals surface area contributed by atoms with Crippen molar-refractivity contribution in [2.24, 2.45) is 5.73 Å². The third-order valence-electron chi connectivity index (χ3n) is 2.31. The average molecular weight is 257 g/mol. The molecule has 4 N–H and O–H groups in total. The number of aliphatic hydroxyl groups excluding tert-OH is 1. The summed E-state index contributed by atoms with van der Waals surface area (Å²) >= 11 is 1.31. The van der Waals surface area contributed by atoms with Crippen molar-refractivity contribution in [2.75, 3.05) is 6.61 Å². The Morgan fingerprint density at radius 3 is 2.88 bits per heavy atom. The van der Waals surface area contributed by atoms with Crippen LogP contribution >= 0.6 is 11.8 Å². The second kappa shape index (κ2) is 6.78. The molecule has 1 rings (SSSR count). The molecule has 0 spiro atoms. The molecule has 0 fully saturated rings. The monoisotopic (exact) mass is 257 g/mol. The van der Waals surface area contributed by atoms with Crippen molar-refractivity contribution in [1.29, 1.82) is 0 Å². The number of nitrogens with zero attached hydrogens (tertiary/aromatic N) is 1. The van der Waals surface area contributed by atoms with Gasteiger partial charge in [-0.3, -0.25) is 4.79 Å². The Morgan fingerprint density at radius 2 is 2.35 bits per heavy atom. The average Bonchev–Trinajstić information content (AvgIpc) is 2.25. The van der Waals surface area contributed by atoms with E-state index in [2.05, 4.69) is 9.97 Å². The lowest BCUT2D eigenvalue weighted by Crippen LogP contribution is -2.32. The molecule has 0 saturated carbocycles. The van der Waals surface area contributed by atoms with Gasteiger partial charge in [0.1, 0.15) is 0 Å². The number of thioether (sulfide) groups is 1. The van der Waals surface area contributed by atoms with Crippen molar-refractivity contribution < 1.29 is 5.11 Å². The fraction of sp³-hybridized carbons (Fsp3) is 0.636. The summed E-state index contributed by atoms with van der Waals surface area (Å²) in [5.41, 5.74) is 6.35. The van der Waals surface area contributed by atoms with Crippen molar-refractivity contribution in [3.05, 3.63) is 22.1 Å². The molecule has 2 atom stereocenters. The summed E-state index contributed by atoms with van der Waals surface area (Å²) in [6.07, 6.45) is 1.72. The Balaban J connectivity index is 2.86. The minimum Gasteiger partial charge on any atom is -0.395 e. The number of nitrogens with two attached hydrogens (primary N) is 1. The Hall–Kier alpha value is -0.850. The molecule has 0 aromatic carbocycles. The highest BCUT2D eigenvalue weighted by atomic mass is 32.2. The fourth-order valence-corrected chi connectivity index (χ4v) is 2.28. The third kappa shape index (κ3) is 4.49. The Morgan fingerprint density at radius 1 is 1.65 bits per heavy atom. The highest BCUT2D eigenvalue weighted by molar-refractivity contribution is 7.99. The molecule has 17 heavy (non-hydrogen) atoms. The van der Waals surface area contributed by atoms with Crippen LogP contribution in [-0.2, 0) is 6.42 Å². The van der Waals surface area contributed by atoms with Crippen molar-refractivity contribution in [3.8, 4) is 0 Å². The molecule has 1 aromatic rings. The van der Waals surface area contributed by atoms with Crippen molar-refractivity contribution in [1.82, 2.24) is 9.97 Å². The predicted molar refractivity (Wildman–Crippen MR) is 69.2 cm³/mol. The van der Waals surface area contributed by atoms with E-state index in [-0.39, 0.29) is 23.5 Å². The van der Waals surface area contributed by atoms with Gasteiger partial charge in [-0.05, 0) is 13.3 Å². The second-order valence-electron chi connectivity index (χ2n) is 3.99. The van der Waals surface area contributed by atoms with Crippen molar-refractivity contribution >= 4 is 11.8 Å². The van der Waals surface area contributed by atoms with Crippen LogP contribution in [0.15, 0.2) is 16.0 Å². The van der Waals surface area contributed by atoms with Gasteiger partial charge in [0.05, 0.1) is 11.9 Å². The van der Waals surface area contributed by atoms with Gasteiger partial charge in [-0.25, -0.2) is 4.98 Å². The zero-order valence-electron chi connectivity index (χ0n) is 10.1. The maximum atomic E-state index is 11.4. The number of H-pyrrole nitrogens is 1. The molecule has 0 aliphatic heterocycles. The first-order valence-electron chi connectivity index (χ1n) is 5.70. The first-order valence-corrected chi connectivity index (χ1v) is 6.58. The summed E-state index contributed by atoms with van der Waals surface area (Å²) in [5, 5.41) is 9.55. The maximum Gasteiger partial charge on any atom is 0.251 e. The number of nitrogens with one attached hydrogen (secondary N) is 1. The topological polar surface area (TPSA) is 92.0 Å². The van der Waals surface area contributed by atoms with Crippen LogP contribution in [0.2, 0.25) is 0 Å². The molecule has 1 aromatic heterocycles. The van der Waals surface area contributed by atoms with E-state index in [1.165, 1.54) is 17.8 Å². The summed E-state index contributed by atoms with van der Waals surface area (Å²) < 4.78 is 0. The predicted octanol–water partition coefficient (Wildman–Crippen LogP) is 0.523. The largest absolute Gasteiger partial charge is 0.395 e. The molecule has 0 radical (unpaired) electrons. The van der Waals surface area contributed by atoms with E-state index in [0.717, 1.165) is 18.5 Å². The number of hydrogen-bond acceptors (Lipinski definition) is 5. The van der Waals surface area contributed by atoms with E-state index < -0.39 is 0 Å². The summed E-state index contributed by atoms with van der Waals surface area (Å²) in [4.78, 5) is 18.4. The van der Waals surface area contributed by atoms with Gasteiger partial charge >= 0.3 is 0 Å². The molecule has 96 valence electrons. The molecule has 0 aliphatic rings. The first-order chi connectivity index (χ1) is 8.06. The second-order valence-corrected chi connectivity index (χ2v) is 5.22. The van der Waals surface area contributed by atoms with E-state index in [4.69, 9.17) is 5.73 Å². The van der Waals surface area contributed by atoms with Crippen LogP contribution < -0.4 is 11.3 Å². The van der Waals surface area contributed by atoms with E-state index >= 15 is 0 Å². The molecule has 5 nitrogen and oxygen atoms in total. The lowest BCUT2D eigenvalue weighted by molar-refractivity contribution is 0.285. The molecule has 6 heteroatoms. The fourth-order valence-electron chi connectivity index (χ4n) is 1.38. The number of aromatic nitrogens is 2. The summed E-state index contributed by atoms with van der Waals surface area (Å²) in [5.74, 6) is 0. The lowest BCUT2D eigenvalue weighted by atomic mass is 10.2. The molecule has 0 saturated heterocycles. The Labute approximate surface area is 105 Å². The lowest BCUT2D eigenvalue weighted by Gasteiger charge is -2.16. The van der Waals surface area contributed by atoms with Crippen LogP contribution in [0.25, 0.3) is 0 Å². The van der Waals surface area contributed by atoms with Crippen LogP contribution in [0, 0.1) is 0 Å². The molecule has 0 bridgehead atoms. The molecule has 0 amide bonds. The molecular formula is C11H19N3O2S. The van der Waals surface area contributed by atoms with Gasteiger partial charge in [0.15, 0.2) is 5.16 Å². The third-order valence-corrected chi connectivity index (χ3v) is 3.61. The number of rotatable bonds is 6. The normalized spacial score (nSPS) is 14.6. The molecule has 2 unspecified atom stereocenters. The zero-order chi connectivity index (χ0) is 12.8. The zero-order valence-corrected chi connectivity index (χ0v) is 11.0. The maximum absolute atomic E-state index is 11.4. The highest BCUT2D eigenvalue weighted by Gasteiger charge is 2.15. The van der Waals surface area contributed by atoms with E-state index in [9.17, 15) is 9.90 Å². The highest BCUT2D eigenvalue weighted by Crippen LogP contribution is 2.20. The van der Waals surface area contributed by atoms with Crippen LogP contribution in [0.5, 0.6) is 0 Å². The number of aryl methyl sites for hydroxylation is 1. The van der Waals surface area contributed by atoms with Gasteiger partial charge in [-0.15, -0.1) is 0 Å². The molecular weight excluding hydrogens is 238 g/mol. The van der Waals surface area contributed by atoms with E-state index in [0.29, 0.717) is 5.16 Å². The Bertz CT molecular complexity index is 406. The van der Waals surface area contributed by atoms with Crippen LogP contribution in [0.1, 0.15) is 26.0 Å². The summed E-state index contributed by atoms with van der Waals surface area (Å²) in [6.45, 7) is 3.82.